The van der Waals surface area contributed by atoms with E-state index >= 15 is 9.13 Å². The van der Waals surface area contributed by atoms with E-state index in [0.29, 0.717) is 32.1 Å². The van der Waals surface area contributed by atoms with E-state index in [-0.39, 0.29) is 0 Å². The minimum atomic E-state index is -3.44. The highest BCUT2D eigenvalue weighted by Crippen LogP contribution is 2.45. The highest BCUT2D eigenvalue weighted by Gasteiger charge is 2.36. The maximum absolute atomic E-state index is 15.4. The third-order valence-corrected chi connectivity index (χ3v) is 12.9. The van der Waals surface area contributed by atoms with E-state index in [1.807, 2.05) is 164 Å². The zero-order valence-corrected chi connectivity index (χ0v) is 23.5. The van der Waals surface area contributed by atoms with Gasteiger partial charge in [-0.15, -0.1) is 0 Å². The lowest BCUT2D eigenvalue weighted by Crippen LogP contribution is -2.34. The summed E-state index contributed by atoms with van der Waals surface area (Å²) in [5, 5.41) is 2.72. The number of benzene rings is 5. The predicted molar refractivity (Wildman–Crippen MR) is 168 cm³/mol. The molecule has 0 atom stereocenters. The molecule has 5 heteroatoms. The second kappa shape index (κ2) is 11.1. The summed E-state index contributed by atoms with van der Waals surface area (Å²) in [5.41, 5.74) is 2.58. The van der Waals surface area contributed by atoms with Crippen LogP contribution >= 0.6 is 14.3 Å². The fourth-order valence-corrected chi connectivity index (χ4v) is 10.2. The number of aromatic nitrogens is 1. The average molecular weight is 556 g/mol. The number of hydrogen-bond acceptors (Lipinski definition) is 3. The van der Waals surface area contributed by atoms with Crippen LogP contribution in [0, 0.1) is 0 Å². The van der Waals surface area contributed by atoms with Crippen molar-refractivity contribution in [2.24, 2.45) is 0 Å². The van der Waals surface area contributed by atoms with E-state index in [1.165, 1.54) is 0 Å². The quantitative estimate of drug-likeness (QED) is 0.226. The Kier molecular flexibility index (Phi) is 7.18. The van der Waals surface area contributed by atoms with Gasteiger partial charge in [-0.1, -0.05) is 152 Å². The first-order chi connectivity index (χ1) is 19.6. The molecule has 0 aliphatic heterocycles. The molecule has 0 bridgehead atoms. The van der Waals surface area contributed by atoms with E-state index in [0.717, 1.165) is 11.1 Å². The lowest BCUT2D eigenvalue weighted by molar-refractivity contribution is 0.592. The van der Waals surface area contributed by atoms with Gasteiger partial charge in [-0.3, -0.25) is 0 Å². The minimum absolute atomic E-state index is 0.411. The molecule has 1 aromatic heterocycles. The Morgan fingerprint density at radius 2 is 0.625 bits per heavy atom. The van der Waals surface area contributed by atoms with Crippen LogP contribution in [0.15, 0.2) is 164 Å². The third kappa shape index (κ3) is 4.69. The predicted octanol–water partition coefficient (Wildman–Crippen LogP) is 6.03. The van der Waals surface area contributed by atoms with Crippen molar-refractivity contribution in [2.75, 3.05) is 0 Å². The summed E-state index contributed by atoms with van der Waals surface area (Å²) in [7, 11) is -6.87. The molecule has 0 N–H and O–H groups in total. The van der Waals surface area contributed by atoms with Gasteiger partial charge in [-0.05, 0) is 23.3 Å². The number of pyridine rings is 1. The standard InChI is InChI=1S/C35H27NO2P2/c37-39(30-18-8-2-9-19-30,31-20-10-3-11-21-31)34-26-29(28-16-6-1-7-17-28)27-35(36-34)40(38,32-22-12-4-13-23-32)33-24-14-5-15-25-33/h1-27H. The summed E-state index contributed by atoms with van der Waals surface area (Å²) in [6, 6.07) is 51.6. The molecular formula is C35H27NO2P2. The molecule has 3 nitrogen and oxygen atoms in total. The summed E-state index contributed by atoms with van der Waals surface area (Å²) in [6.45, 7) is 0. The highest BCUT2D eigenvalue weighted by atomic mass is 31.2. The van der Waals surface area contributed by atoms with Gasteiger partial charge in [0.1, 0.15) is 10.9 Å². The second-order valence-corrected chi connectivity index (χ2v) is 14.9. The first-order valence-corrected chi connectivity index (χ1v) is 16.5. The van der Waals surface area contributed by atoms with Crippen LogP contribution in [0.2, 0.25) is 0 Å². The van der Waals surface area contributed by atoms with Gasteiger partial charge in [-0.2, -0.15) is 0 Å². The smallest absolute Gasteiger partial charge is 0.188 e. The Labute approximate surface area is 235 Å². The molecule has 0 unspecified atom stereocenters. The molecule has 0 aliphatic rings. The van der Waals surface area contributed by atoms with Crippen LogP contribution in [-0.2, 0) is 9.13 Å². The number of nitrogens with zero attached hydrogens (tertiary/aromatic N) is 1. The molecule has 0 radical (unpaired) electrons. The van der Waals surface area contributed by atoms with E-state index in [4.69, 9.17) is 4.98 Å². The van der Waals surface area contributed by atoms with Crippen molar-refractivity contribution in [3.63, 3.8) is 0 Å². The first-order valence-electron chi connectivity index (χ1n) is 13.1. The maximum atomic E-state index is 15.4. The summed E-state index contributed by atoms with van der Waals surface area (Å²) >= 11 is 0. The molecule has 0 fully saturated rings. The maximum Gasteiger partial charge on any atom is 0.188 e. The average Bonchev–Trinajstić information content (AvgIpc) is 3.06. The van der Waals surface area contributed by atoms with Gasteiger partial charge in [0.2, 0.25) is 0 Å². The number of rotatable bonds is 7. The van der Waals surface area contributed by atoms with Gasteiger partial charge in [0, 0.05) is 21.2 Å². The van der Waals surface area contributed by atoms with Crippen LogP contribution in [-0.4, -0.2) is 4.98 Å². The Hall–Kier alpha value is -4.29. The molecule has 5 aromatic carbocycles. The molecule has 40 heavy (non-hydrogen) atoms. The summed E-state index contributed by atoms with van der Waals surface area (Å²) in [5.74, 6) is 0. The van der Waals surface area contributed by atoms with Crippen molar-refractivity contribution < 1.29 is 9.13 Å². The summed E-state index contributed by atoms with van der Waals surface area (Å²) in [4.78, 5) is 5.08. The largest absolute Gasteiger partial charge is 0.307 e. The van der Waals surface area contributed by atoms with Crippen molar-refractivity contribution >= 4 is 46.4 Å². The molecule has 0 saturated carbocycles. The van der Waals surface area contributed by atoms with E-state index in [1.54, 1.807) is 0 Å². The van der Waals surface area contributed by atoms with Gasteiger partial charge in [-0.25, -0.2) is 4.98 Å². The van der Waals surface area contributed by atoms with Gasteiger partial charge < -0.3 is 9.13 Å². The monoisotopic (exact) mass is 555 g/mol. The lowest BCUT2D eigenvalue weighted by atomic mass is 10.1. The molecule has 0 amide bonds. The van der Waals surface area contributed by atoms with E-state index < -0.39 is 14.3 Å². The zero-order chi connectivity index (χ0) is 27.4. The first kappa shape index (κ1) is 26.0. The molecule has 194 valence electrons. The van der Waals surface area contributed by atoms with Crippen LogP contribution in [0.1, 0.15) is 0 Å². The van der Waals surface area contributed by atoms with Crippen LogP contribution < -0.4 is 32.1 Å². The van der Waals surface area contributed by atoms with Gasteiger partial charge in [0.25, 0.3) is 0 Å². The van der Waals surface area contributed by atoms with Crippen molar-refractivity contribution in [3.05, 3.63) is 164 Å². The zero-order valence-electron chi connectivity index (χ0n) is 21.7. The molecule has 6 rings (SSSR count). The van der Waals surface area contributed by atoms with Crippen LogP contribution in [0.5, 0.6) is 0 Å². The normalized spacial score (nSPS) is 11.7. The minimum Gasteiger partial charge on any atom is -0.307 e. The Morgan fingerprint density at radius 1 is 0.350 bits per heavy atom. The Morgan fingerprint density at radius 3 is 0.925 bits per heavy atom. The summed E-state index contributed by atoms with van der Waals surface area (Å²) in [6.07, 6.45) is 0. The van der Waals surface area contributed by atoms with Crippen molar-refractivity contribution in [3.8, 4) is 11.1 Å². The van der Waals surface area contributed by atoms with Crippen molar-refractivity contribution in [1.29, 1.82) is 0 Å². The molecule has 0 aliphatic carbocycles. The van der Waals surface area contributed by atoms with Crippen LogP contribution in [0.3, 0.4) is 0 Å². The van der Waals surface area contributed by atoms with E-state index in [9.17, 15) is 0 Å². The van der Waals surface area contributed by atoms with Crippen LogP contribution in [0.4, 0.5) is 0 Å². The van der Waals surface area contributed by atoms with Crippen molar-refractivity contribution in [1.82, 2.24) is 4.98 Å². The molecule has 0 saturated heterocycles. The van der Waals surface area contributed by atoms with Gasteiger partial charge >= 0.3 is 0 Å². The van der Waals surface area contributed by atoms with Crippen LogP contribution in [0.25, 0.3) is 11.1 Å². The lowest BCUT2D eigenvalue weighted by Gasteiger charge is -2.24. The second-order valence-electron chi connectivity index (χ2n) is 9.50. The SMILES string of the molecule is O=P(c1ccccc1)(c1ccccc1)c1cc(-c2ccccc2)cc(P(=O)(c2ccccc2)c2ccccc2)n1. The molecule has 1 heterocycles. The van der Waals surface area contributed by atoms with Gasteiger partial charge in [0.05, 0.1) is 0 Å². The number of hydrogen-bond donors (Lipinski definition) is 0. The topological polar surface area (TPSA) is 47.0 Å². The fraction of sp³-hybridized carbons (Fsp3) is 0. The Balaban J connectivity index is 1.71. The molecule has 0 spiro atoms. The van der Waals surface area contributed by atoms with Gasteiger partial charge in [0.15, 0.2) is 14.3 Å². The summed E-state index contributed by atoms with van der Waals surface area (Å²) < 4.78 is 30.8. The molecule has 6 aromatic rings. The third-order valence-electron chi connectivity index (χ3n) is 7.03. The Bertz CT molecular complexity index is 1620. The highest BCUT2D eigenvalue weighted by molar-refractivity contribution is 7.86. The van der Waals surface area contributed by atoms with Crippen molar-refractivity contribution in [2.45, 2.75) is 0 Å². The molecular weight excluding hydrogens is 528 g/mol. The van der Waals surface area contributed by atoms with E-state index in [2.05, 4.69) is 0 Å². The fourth-order valence-electron chi connectivity index (χ4n) is 5.00.